The topological polar surface area (TPSA) is 111 Å². The molecule has 0 fully saturated rings. The lowest BCUT2D eigenvalue weighted by molar-refractivity contribution is 0.0535. The van der Waals surface area contributed by atoms with Crippen LogP contribution in [-0.4, -0.2) is 75.3 Å². The number of aromatic nitrogens is 1. The summed E-state index contributed by atoms with van der Waals surface area (Å²) in [6.07, 6.45) is 2.89. The van der Waals surface area contributed by atoms with Gasteiger partial charge in [-0.2, -0.15) is 0 Å². The van der Waals surface area contributed by atoms with Gasteiger partial charge in [-0.25, -0.2) is 9.59 Å². The summed E-state index contributed by atoms with van der Waals surface area (Å²) >= 11 is 12.4. The summed E-state index contributed by atoms with van der Waals surface area (Å²) in [5, 5.41) is 4.04. The van der Waals surface area contributed by atoms with Gasteiger partial charge in [0.05, 0.1) is 13.2 Å². The highest BCUT2D eigenvalue weighted by molar-refractivity contribution is 6.31. The Labute approximate surface area is 266 Å². The van der Waals surface area contributed by atoms with Crippen molar-refractivity contribution in [3.05, 3.63) is 86.7 Å². The third kappa shape index (κ3) is 7.68. The quantitative estimate of drug-likeness (QED) is 0.243. The molecular weight excluding hydrogens is 609 g/mol. The molecule has 2 unspecified atom stereocenters. The van der Waals surface area contributed by atoms with E-state index in [1.54, 1.807) is 36.3 Å². The maximum atomic E-state index is 13.5. The van der Waals surface area contributed by atoms with E-state index in [1.807, 2.05) is 30.3 Å². The van der Waals surface area contributed by atoms with Gasteiger partial charge in [-0.15, -0.1) is 0 Å². The van der Waals surface area contributed by atoms with E-state index in [9.17, 15) is 9.59 Å². The van der Waals surface area contributed by atoms with Gasteiger partial charge in [0.25, 0.3) is 0 Å². The molecule has 0 bridgehead atoms. The summed E-state index contributed by atoms with van der Waals surface area (Å²) in [5.41, 5.74) is 5.25. The van der Waals surface area contributed by atoms with Crippen LogP contribution in [0.1, 0.15) is 40.5 Å². The molecule has 0 saturated heterocycles. The normalized spacial score (nSPS) is 16.3. The molecule has 2 atom stereocenters. The number of H-pyrrole nitrogens is 1. The number of amides is 2. The largest absolute Gasteiger partial charge is 0.491 e. The first-order valence-electron chi connectivity index (χ1n) is 14.3. The predicted octanol–water partition coefficient (Wildman–Crippen LogP) is 6.11. The molecule has 2 N–H and O–H groups in total. The van der Waals surface area contributed by atoms with E-state index in [0.29, 0.717) is 36.1 Å². The number of alkyl carbamates (subject to hydrolysis) is 1. The Kier molecular flexibility index (Phi) is 10.7. The predicted molar refractivity (Wildman–Crippen MR) is 167 cm³/mol. The minimum atomic E-state index is -0.553. The van der Waals surface area contributed by atoms with Crippen molar-refractivity contribution >= 4 is 41.5 Å². The summed E-state index contributed by atoms with van der Waals surface area (Å²) in [4.78, 5) is 30.7. The van der Waals surface area contributed by atoms with E-state index in [2.05, 4.69) is 10.3 Å². The van der Waals surface area contributed by atoms with E-state index < -0.39 is 24.3 Å². The third-order valence-electron chi connectivity index (χ3n) is 7.58. The first-order chi connectivity index (χ1) is 21.4. The number of carbonyl (C=O) groups is 2. The summed E-state index contributed by atoms with van der Waals surface area (Å²) in [6.45, 7) is 1.37. The van der Waals surface area contributed by atoms with Crippen molar-refractivity contribution in [3.8, 4) is 11.5 Å². The molecule has 1 aromatic heterocycles. The van der Waals surface area contributed by atoms with Crippen molar-refractivity contribution < 1.29 is 33.3 Å². The van der Waals surface area contributed by atoms with Gasteiger partial charge >= 0.3 is 12.2 Å². The fourth-order valence-corrected chi connectivity index (χ4v) is 5.64. The zero-order chi connectivity index (χ0) is 31.1. The molecule has 2 aromatic carbocycles. The number of hydrogen-bond donors (Lipinski definition) is 2. The highest BCUT2D eigenvalue weighted by atomic mass is 35.5. The Bertz CT molecular complexity index is 1470. The molecule has 12 heteroatoms. The summed E-state index contributed by atoms with van der Waals surface area (Å²) < 4.78 is 27.0. The number of allylic oxidation sites excluding steroid dienone is 1. The minimum Gasteiger partial charge on any atom is -0.491 e. The van der Waals surface area contributed by atoms with Gasteiger partial charge in [-0.1, -0.05) is 35.3 Å². The van der Waals surface area contributed by atoms with Crippen LogP contribution in [0.5, 0.6) is 11.5 Å². The molecule has 3 aromatic rings. The van der Waals surface area contributed by atoms with Crippen LogP contribution in [0.2, 0.25) is 5.02 Å². The first-order valence-corrected chi connectivity index (χ1v) is 15.1. The van der Waals surface area contributed by atoms with Crippen LogP contribution < -0.4 is 14.8 Å². The number of carbonyl (C=O) groups excluding carboxylic acids is 2. The lowest BCUT2D eigenvalue weighted by Crippen LogP contribution is -2.42. The van der Waals surface area contributed by atoms with E-state index >= 15 is 0 Å². The number of ether oxygens (including phenoxy) is 5. The highest BCUT2D eigenvalue weighted by Crippen LogP contribution is 2.41. The molecule has 0 spiro atoms. The molecule has 234 valence electrons. The molecular formula is C32H35Cl2N3O7. The standard InChI is InChI=1S/C32H35Cl2N3O7/c1-40-15-16-42-31(38)35-18-25(41-2)19-43-23-8-3-20(4-9-23)30-29-26(27-17-22(34)7-12-28(27)36-29)13-14-37(30)32(39)44-24-10-5-21(33)6-11-24/h3-6,8-11,17,25,30,36H,7,12-16,18-19H2,1-2H3,(H,35,38). The van der Waals surface area contributed by atoms with E-state index in [-0.39, 0.29) is 19.8 Å². The van der Waals surface area contributed by atoms with Gasteiger partial charge in [0, 0.05) is 42.2 Å². The summed E-state index contributed by atoms with van der Waals surface area (Å²) in [5.74, 6) is 1.03. The van der Waals surface area contributed by atoms with Crippen LogP contribution in [0.15, 0.2) is 53.6 Å². The summed E-state index contributed by atoms with van der Waals surface area (Å²) in [7, 11) is 3.08. The van der Waals surface area contributed by atoms with Crippen LogP contribution in [0.4, 0.5) is 9.59 Å². The maximum Gasteiger partial charge on any atom is 0.416 e. The molecule has 1 aliphatic carbocycles. The molecule has 0 radical (unpaired) electrons. The number of benzene rings is 2. The fourth-order valence-electron chi connectivity index (χ4n) is 5.31. The van der Waals surface area contributed by atoms with E-state index in [1.165, 1.54) is 7.11 Å². The fraction of sp³-hybridized carbons (Fsp3) is 0.375. The molecule has 1 aliphatic heterocycles. The van der Waals surface area contributed by atoms with Gasteiger partial charge in [-0.05, 0) is 78.4 Å². The molecule has 2 amide bonds. The van der Waals surface area contributed by atoms with Crippen molar-refractivity contribution in [1.82, 2.24) is 15.2 Å². The highest BCUT2D eigenvalue weighted by Gasteiger charge is 2.37. The molecule has 2 heterocycles. The number of nitrogens with one attached hydrogen (secondary N) is 2. The molecule has 10 nitrogen and oxygen atoms in total. The third-order valence-corrected chi connectivity index (χ3v) is 8.13. The van der Waals surface area contributed by atoms with Crippen molar-refractivity contribution in [3.63, 3.8) is 0 Å². The Balaban J connectivity index is 1.31. The average Bonchev–Trinajstić information content (AvgIpc) is 3.40. The molecule has 44 heavy (non-hydrogen) atoms. The molecule has 5 rings (SSSR count). The number of rotatable bonds is 11. The Morgan fingerprint density at radius 2 is 1.75 bits per heavy atom. The SMILES string of the molecule is COCCOC(=O)NCC(COc1ccc(C2c3[nH]c4c(c3CCN2C(=O)Oc2ccc(Cl)cc2)C=C(Cl)CC4)cc1)OC. The Hall–Kier alpha value is -3.70. The number of fused-ring (bicyclic) bond motifs is 3. The van der Waals surface area contributed by atoms with Gasteiger partial charge < -0.3 is 34.0 Å². The second-order valence-corrected chi connectivity index (χ2v) is 11.3. The Morgan fingerprint density at radius 1 is 1.00 bits per heavy atom. The second kappa shape index (κ2) is 14.9. The van der Waals surface area contributed by atoms with Gasteiger partial charge in [-0.3, -0.25) is 4.90 Å². The van der Waals surface area contributed by atoms with Crippen molar-refractivity contribution in [2.24, 2.45) is 0 Å². The van der Waals surface area contributed by atoms with Crippen LogP contribution in [-0.2, 0) is 27.1 Å². The summed E-state index contributed by atoms with van der Waals surface area (Å²) in [6, 6.07) is 13.9. The van der Waals surface area contributed by atoms with Gasteiger partial charge in [0.2, 0.25) is 0 Å². The molecule has 2 aliphatic rings. The van der Waals surface area contributed by atoms with Crippen molar-refractivity contribution in [2.45, 2.75) is 31.4 Å². The number of methoxy groups -OCH3 is 2. The van der Waals surface area contributed by atoms with Crippen molar-refractivity contribution in [2.75, 3.05) is 47.1 Å². The van der Waals surface area contributed by atoms with Gasteiger partial charge in [0.15, 0.2) is 0 Å². The van der Waals surface area contributed by atoms with Crippen molar-refractivity contribution in [1.29, 1.82) is 0 Å². The van der Waals surface area contributed by atoms with Crippen LogP contribution in [0.3, 0.4) is 0 Å². The number of halogens is 2. The zero-order valence-electron chi connectivity index (χ0n) is 24.6. The molecule has 0 saturated carbocycles. The maximum absolute atomic E-state index is 13.5. The smallest absolute Gasteiger partial charge is 0.416 e. The number of aromatic amines is 1. The van der Waals surface area contributed by atoms with E-state index in [0.717, 1.165) is 46.0 Å². The van der Waals surface area contributed by atoms with E-state index in [4.69, 9.17) is 46.9 Å². The monoisotopic (exact) mass is 643 g/mol. The van der Waals surface area contributed by atoms with Crippen LogP contribution >= 0.6 is 23.2 Å². The second-order valence-electron chi connectivity index (χ2n) is 10.4. The lowest BCUT2D eigenvalue weighted by atomic mass is 9.90. The number of nitrogens with zero attached hydrogens (tertiary/aromatic N) is 1. The number of aryl methyl sites for hydroxylation is 1. The first kappa shape index (κ1) is 31.7. The van der Waals surface area contributed by atoms with Gasteiger partial charge in [0.1, 0.15) is 36.9 Å². The minimum absolute atomic E-state index is 0.164. The lowest BCUT2D eigenvalue weighted by Gasteiger charge is -2.35. The van der Waals surface area contributed by atoms with Crippen LogP contribution in [0.25, 0.3) is 6.08 Å². The average molecular weight is 645 g/mol. The zero-order valence-corrected chi connectivity index (χ0v) is 26.1. The van der Waals surface area contributed by atoms with Crippen LogP contribution in [0, 0.1) is 0 Å². The number of hydrogen-bond acceptors (Lipinski definition) is 7. The Morgan fingerprint density at radius 3 is 2.48 bits per heavy atom.